The van der Waals surface area contributed by atoms with Gasteiger partial charge in [-0.05, 0) is 21.5 Å². The van der Waals surface area contributed by atoms with Crippen LogP contribution in [0.1, 0.15) is 0 Å². The summed E-state index contributed by atoms with van der Waals surface area (Å²) < 4.78 is 0. The van der Waals surface area contributed by atoms with E-state index in [9.17, 15) is 10.2 Å². The van der Waals surface area contributed by atoms with E-state index in [2.05, 4.69) is 0 Å². The first-order valence-electron chi connectivity index (χ1n) is 7.04. The third-order valence-electron chi connectivity index (χ3n) is 3.44. The van der Waals surface area contributed by atoms with Crippen LogP contribution >= 0.6 is 0 Å². The van der Waals surface area contributed by atoms with Crippen molar-refractivity contribution < 1.29 is 10.2 Å². The molecule has 0 heterocycles. The average Bonchev–Trinajstić information content (AvgIpc) is 2.55. The minimum atomic E-state index is 0. The molecule has 0 bridgehead atoms. The van der Waals surface area contributed by atoms with Gasteiger partial charge in [-0.3, -0.25) is 0 Å². The van der Waals surface area contributed by atoms with Crippen molar-refractivity contribution in [1.29, 1.82) is 0 Å². The van der Waals surface area contributed by atoms with Gasteiger partial charge in [0.1, 0.15) is 0 Å². The molecule has 0 aliphatic carbocycles. The molecule has 0 saturated heterocycles. The maximum atomic E-state index is 10.9. The Morgan fingerprint density at radius 1 is 0.435 bits per heavy atom. The first-order valence-corrected chi connectivity index (χ1v) is 7.04. The van der Waals surface area contributed by atoms with Gasteiger partial charge in [0.25, 0.3) is 0 Å². The van der Waals surface area contributed by atoms with Gasteiger partial charge < -0.3 is 10.2 Å². The Kier molecular flexibility index (Phi) is 5.66. The zero-order valence-electron chi connectivity index (χ0n) is 12.4. The van der Waals surface area contributed by atoms with Gasteiger partial charge in [0.05, 0.1) is 0 Å². The van der Waals surface area contributed by atoms with Crippen molar-refractivity contribution in [3.05, 3.63) is 84.9 Å². The molecule has 2 nitrogen and oxygen atoms in total. The normalized spacial score (nSPS) is 9.74. The van der Waals surface area contributed by atoms with Crippen LogP contribution in [-0.4, -0.2) is 17.6 Å². The van der Waals surface area contributed by atoms with Crippen LogP contribution in [0.4, 0.5) is 0 Å². The van der Waals surface area contributed by atoms with E-state index < -0.39 is 0 Å². The van der Waals surface area contributed by atoms with Crippen molar-refractivity contribution in [3.63, 3.8) is 0 Å². The van der Waals surface area contributed by atoms with E-state index >= 15 is 0 Å². The fourth-order valence-electron chi connectivity index (χ4n) is 2.33. The van der Waals surface area contributed by atoms with E-state index in [0.29, 0.717) is 0 Å². The Labute approximate surface area is 146 Å². The molecule has 4 aromatic carbocycles. The molecule has 0 amide bonds. The number of hydrogen-bond donors (Lipinski definition) is 0. The zero-order valence-corrected chi connectivity index (χ0v) is 14.5. The van der Waals surface area contributed by atoms with E-state index in [1.54, 1.807) is 24.3 Å². The first kappa shape index (κ1) is 16.9. The second-order valence-corrected chi connectivity index (χ2v) is 5.02. The second-order valence-electron chi connectivity index (χ2n) is 5.02. The van der Waals surface area contributed by atoms with Gasteiger partial charge in [0.15, 0.2) is 0 Å². The van der Waals surface area contributed by atoms with Crippen LogP contribution < -0.4 is 10.2 Å². The topological polar surface area (TPSA) is 46.1 Å². The molecule has 3 heteroatoms. The van der Waals surface area contributed by atoms with Gasteiger partial charge in [-0.25, -0.2) is 0 Å². The van der Waals surface area contributed by atoms with Crippen LogP contribution in [0.2, 0.25) is 0 Å². The fraction of sp³-hybridized carbons (Fsp3) is 0. The van der Waals surface area contributed by atoms with Gasteiger partial charge in [-0.1, -0.05) is 84.9 Å². The summed E-state index contributed by atoms with van der Waals surface area (Å²) in [6.07, 6.45) is 0. The molecule has 0 aromatic heterocycles. The quantitative estimate of drug-likeness (QED) is 0.452. The molecule has 0 aliphatic heterocycles. The summed E-state index contributed by atoms with van der Waals surface area (Å²) in [6.45, 7) is 0. The molecule has 112 valence electrons. The van der Waals surface area contributed by atoms with Crippen LogP contribution in [0.3, 0.4) is 0 Å². The minimum absolute atomic E-state index is 0. The van der Waals surface area contributed by atoms with E-state index in [1.807, 2.05) is 60.7 Å². The molecule has 4 radical (unpaired) electrons. The third-order valence-corrected chi connectivity index (χ3v) is 3.44. The predicted octanol–water partition coefficient (Wildman–Crippen LogP) is 3.45. The fourth-order valence-corrected chi connectivity index (χ4v) is 2.33. The van der Waals surface area contributed by atoms with Crippen molar-refractivity contribution in [3.8, 4) is 11.5 Å². The average molecular weight is 359 g/mol. The standard InChI is InChI=1S/2C10H8O.Ge/c2*11-10-6-5-8-3-1-2-4-9(8)7-10;/h2*1-7,11H;/p-2. The molecule has 0 unspecified atom stereocenters. The van der Waals surface area contributed by atoms with Crippen LogP contribution in [0.5, 0.6) is 11.5 Å². The third kappa shape index (κ3) is 4.27. The molecule has 0 spiro atoms. The van der Waals surface area contributed by atoms with E-state index in [1.165, 1.54) is 0 Å². The Hall–Kier alpha value is -2.46. The van der Waals surface area contributed by atoms with Crippen molar-refractivity contribution in [2.75, 3.05) is 0 Å². The molecule has 0 saturated carbocycles. The van der Waals surface area contributed by atoms with Gasteiger partial charge in [-0.2, -0.15) is 0 Å². The van der Waals surface area contributed by atoms with Gasteiger partial charge >= 0.3 is 0 Å². The summed E-state index contributed by atoms with van der Waals surface area (Å²) in [5, 5.41) is 26.0. The molecule has 4 aromatic rings. The largest absolute Gasteiger partial charge is 0.872 e. The molecule has 0 fully saturated rings. The summed E-state index contributed by atoms with van der Waals surface area (Å²) in [6, 6.07) is 25.8. The van der Waals surface area contributed by atoms with Crippen LogP contribution in [0.25, 0.3) is 21.5 Å². The van der Waals surface area contributed by atoms with Crippen molar-refractivity contribution in [2.24, 2.45) is 0 Å². The van der Waals surface area contributed by atoms with Crippen molar-refractivity contribution in [1.82, 2.24) is 0 Å². The SMILES string of the molecule is [Ge].[O-]c1ccc2ccccc2c1.[O-]c1ccc2ccccc2c1. The second kappa shape index (κ2) is 7.70. The summed E-state index contributed by atoms with van der Waals surface area (Å²) in [7, 11) is 0. The molecule has 0 atom stereocenters. The van der Waals surface area contributed by atoms with E-state index in [4.69, 9.17) is 0 Å². The summed E-state index contributed by atoms with van der Waals surface area (Å²) in [4.78, 5) is 0. The minimum Gasteiger partial charge on any atom is -0.872 e. The first-order chi connectivity index (χ1) is 10.7. The van der Waals surface area contributed by atoms with Crippen LogP contribution in [-0.2, 0) is 0 Å². The molecule has 23 heavy (non-hydrogen) atoms. The maximum Gasteiger partial charge on any atom is 0 e. The number of rotatable bonds is 0. The summed E-state index contributed by atoms with van der Waals surface area (Å²) in [5.74, 6) is 0.146. The van der Waals surface area contributed by atoms with E-state index in [-0.39, 0.29) is 29.1 Å². The Morgan fingerprint density at radius 2 is 0.783 bits per heavy atom. The maximum absolute atomic E-state index is 10.9. The molecule has 4 rings (SSSR count). The van der Waals surface area contributed by atoms with Gasteiger partial charge in [-0.15, -0.1) is 11.5 Å². The number of fused-ring (bicyclic) bond motifs is 2. The Morgan fingerprint density at radius 3 is 1.17 bits per heavy atom. The van der Waals surface area contributed by atoms with Gasteiger partial charge in [0, 0.05) is 17.6 Å². The molecule has 0 aliphatic rings. The smallest absolute Gasteiger partial charge is 0 e. The van der Waals surface area contributed by atoms with Gasteiger partial charge in [0.2, 0.25) is 0 Å². The zero-order chi connectivity index (χ0) is 15.4. The van der Waals surface area contributed by atoms with Crippen LogP contribution in [0, 0.1) is 0 Å². The Balaban J connectivity index is 0.000000160. The summed E-state index contributed by atoms with van der Waals surface area (Å²) >= 11 is 0. The molecular formula is C20H14GeO2-2. The van der Waals surface area contributed by atoms with Crippen molar-refractivity contribution >= 4 is 39.1 Å². The Bertz CT molecular complexity index is 842. The van der Waals surface area contributed by atoms with E-state index in [0.717, 1.165) is 21.5 Å². The molecular weight excluding hydrogens is 345 g/mol. The number of hydrogen-bond acceptors (Lipinski definition) is 2. The summed E-state index contributed by atoms with van der Waals surface area (Å²) in [5.41, 5.74) is 0. The number of benzene rings is 4. The monoisotopic (exact) mass is 360 g/mol. The molecule has 0 N–H and O–H groups in total. The van der Waals surface area contributed by atoms with Crippen molar-refractivity contribution in [2.45, 2.75) is 0 Å². The predicted molar refractivity (Wildman–Crippen MR) is 92.5 cm³/mol. The van der Waals surface area contributed by atoms with Crippen LogP contribution in [0.15, 0.2) is 84.9 Å².